The largest absolute Gasteiger partial charge is 0.466 e. The van der Waals surface area contributed by atoms with Gasteiger partial charge in [-0.15, -0.1) is 0 Å². The van der Waals surface area contributed by atoms with E-state index in [2.05, 4.69) is 10.6 Å². The summed E-state index contributed by atoms with van der Waals surface area (Å²) in [7, 11) is -3.41. The quantitative estimate of drug-likeness (QED) is 0.755. The number of nitrogens with one attached hydrogen (secondary N) is 2. The molecule has 8 nitrogen and oxygen atoms in total. The van der Waals surface area contributed by atoms with E-state index in [0.717, 1.165) is 36.0 Å². The summed E-state index contributed by atoms with van der Waals surface area (Å²) < 4.78 is 30.7. The summed E-state index contributed by atoms with van der Waals surface area (Å²) >= 11 is 0. The highest BCUT2D eigenvalue weighted by molar-refractivity contribution is 7.92. The first-order valence-electron chi connectivity index (χ1n) is 8.91. The van der Waals surface area contributed by atoms with Crippen LogP contribution in [0.25, 0.3) is 0 Å². The van der Waals surface area contributed by atoms with E-state index in [1.165, 1.54) is 4.31 Å². The molecule has 0 saturated carbocycles. The van der Waals surface area contributed by atoms with Gasteiger partial charge in [0.2, 0.25) is 10.0 Å². The topological polar surface area (TPSA) is 109 Å². The number of carbonyl (C=O) groups is 2. The zero-order valence-electron chi connectivity index (χ0n) is 16.0. The van der Waals surface area contributed by atoms with Crippen LogP contribution in [0.1, 0.15) is 29.1 Å². The molecule has 9 heteroatoms. The van der Waals surface area contributed by atoms with Gasteiger partial charge in [0.25, 0.3) is 0 Å². The van der Waals surface area contributed by atoms with E-state index in [1.807, 2.05) is 0 Å². The van der Waals surface area contributed by atoms with Gasteiger partial charge in [0.1, 0.15) is 11.5 Å². The number of carbonyl (C=O) groups excluding carboxylic acids is 2. The Morgan fingerprint density at radius 1 is 1.18 bits per heavy atom. The normalized spacial score (nSPS) is 13.8. The van der Waals surface area contributed by atoms with Crippen LogP contribution < -0.4 is 14.9 Å². The monoisotopic (exact) mass is 405 g/mol. The van der Waals surface area contributed by atoms with Gasteiger partial charge in [0.05, 0.1) is 11.9 Å². The number of hydrogen-bond acceptors (Lipinski definition) is 5. The molecule has 0 atom stereocenters. The Morgan fingerprint density at radius 3 is 2.57 bits per heavy atom. The Hall–Kier alpha value is -2.81. The fourth-order valence-corrected chi connectivity index (χ4v) is 4.25. The number of hydrogen-bond donors (Lipinski definition) is 2. The van der Waals surface area contributed by atoms with Crippen LogP contribution in [-0.4, -0.2) is 33.0 Å². The van der Waals surface area contributed by atoms with Gasteiger partial charge in [-0.1, -0.05) is 6.07 Å². The first-order chi connectivity index (χ1) is 13.1. The predicted octanol–water partition coefficient (Wildman–Crippen LogP) is 1.86. The predicted molar refractivity (Wildman–Crippen MR) is 106 cm³/mol. The Balaban J connectivity index is 1.68. The fourth-order valence-electron chi connectivity index (χ4n) is 3.27. The Kier molecular flexibility index (Phi) is 5.46. The van der Waals surface area contributed by atoms with Gasteiger partial charge in [0.15, 0.2) is 0 Å². The van der Waals surface area contributed by atoms with Crippen molar-refractivity contribution < 1.29 is 22.4 Å². The van der Waals surface area contributed by atoms with Crippen molar-refractivity contribution in [2.75, 3.05) is 22.4 Å². The summed E-state index contributed by atoms with van der Waals surface area (Å²) in [5.41, 5.74) is 2.60. The second-order valence-electron chi connectivity index (χ2n) is 6.86. The lowest BCUT2D eigenvalue weighted by Crippen LogP contribution is -2.36. The SMILES string of the molecule is Cc1cc(CNC(=O)C(=O)Nc2ccc3c(c2)N(S(C)(=O)=O)CCC3)c(C)o1. The molecule has 0 aliphatic carbocycles. The average Bonchev–Trinajstić information content (AvgIpc) is 2.95. The van der Waals surface area contributed by atoms with Crippen molar-refractivity contribution in [2.24, 2.45) is 0 Å². The van der Waals surface area contributed by atoms with Gasteiger partial charge in [-0.3, -0.25) is 13.9 Å². The average molecular weight is 405 g/mol. The fraction of sp³-hybridized carbons (Fsp3) is 0.368. The molecular formula is C19H23N3O5S. The van der Waals surface area contributed by atoms with Gasteiger partial charge >= 0.3 is 11.8 Å². The Morgan fingerprint density at radius 2 is 1.93 bits per heavy atom. The third-order valence-electron chi connectivity index (χ3n) is 4.61. The highest BCUT2D eigenvalue weighted by Gasteiger charge is 2.25. The van der Waals surface area contributed by atoms with Crippen LogP contribution >= 0.6 is 0 Å². The molecule has 0 spiro atoms. The molecular weight excluding hydrogens is 382 g/mol. The maximum atomic E-state index is 12.2. The summed E-state index contributed by atoms with van der Waals surface area (Å²) in [6.45, 7) is 4.17. The van der Waals surface area contributed by atoms with Crippen LogP contribution in [0.2, 0.25) is 0 Å². The van der Waals surface area contributed by atoms with Crippen molar-refractivity contribution in [1.29, 1.82) is 0 Å². The lowest BCUT2D eigenvalue weighted by Gasteiger charge is -2.29. The Labute approximate surface area is 164 Å². The maximum Gasteiger partial charge on any atom is 0.313 e. The van der Waals surface area contributed by atoms with E-state index in [0.29, 0.717) is 23.7 Å². The smallest absolute Gasteiger partial charge is 0.313 e. The minimum absolute atomic E-state index is 0.182. The highest BCUT2D eigenvalue weighted by Crippen LogP contribution is 2.31. The van der Waals surface area contributed by atoms with Crippen LogP contribution in [-0.2, 0) is 32.6 Å². The first-order valence-corrected chi connectivity index (χ1v) is 10.8. The minimum atomic E-state index is -3.41. The maximum absolute atomic E-state index is 12.2. The summed E-state index contributed by atoms with van der Waals surface area (Å²) in [4.78, 5) is 24.3. The van der Waals surface area contributed by atoms with Crippen molar-refractivity contribution in [3.8, 4) is 0 Å². The number of nitrogens with zero attached hydrogens (tertiary/aromatic N) is 1. The second kappa shape index (κ2) is 7.67. The summed E-state index contributed by atoms with van der Waals surface area (Å²) in [6.07, 6.45) is 2.65. The van der Waals surface area contributed by atoms with E-state index < -0.39 is 21.8 Å². The van der Waals surface area contributed by atoms with Crippen LogP contribution in [0.3, 0.4) is 0 Å². The zero-order valence-corrected chi connectivity index (χ0v) is 16.9. The van der Waals surface area contributed by atoms with E-state index in [-0.39, 0.29) is 6.54 Å². The molecule has 1 aliphatic heterocycles. The van der Waals surface area contributed by atoms with Crippen molar-refractivity contribution in [3.63, 3.8) is 0 Å². The van der Waals surface area contributed by atoms with Gasteiger partial charge < -0.3 is 15.1 Å². The minimum Gasteiger partial charge on any atom is -0.466 e. The van der Waals surface area contributed by atoms with Crippen LogP contribution in [0.5, 0.6) is 0 Å². The zero-order chi connectivity index (χ0) is 20.5. The van der Waals surface area contributed by atoms with Gasteiger partial charge in [-0.2, -0.15) is 0 Å². The van der Waals surface area contributed by atoms with Crippen molar-refractivity contribution in [3.05, 3.63) is 46.9 Å². The number of aryl methyl sites for hydroxylation is 3. The molecule has 0 bridgehead atoms. The van der Waals surface area contributed by atoms with E-state index in [4.69, 9.17) is 4.42 Å². The van der Waals surface area contributed by atoms with Crippen LogP contribution in [0, 0.1) is 13.8 Å². The number of fused-ring (bicyclic) bond motifs is 1. The number of sulfonamides is 1. The van der Waals surface area contributed by atoms with Crippen LogP contribution in [0.4, 0.5) is 11.4 Å². The highest BCUT2D eigenvalue weighted by atomic mass is 32.2. The van der Waals surface area contributed by atoms with Gasteiger partial charge in [0, 0.05) is 24.3 Å². The molecule has 0 saturated heterocycles. The van der Waals surface area contributed by atoms with Crippen molar-refractivity contribution in [1.82, 2.24) is 5.32 Å². The first kappa shape index (κ1) is 19.9. The molecule has 0 unspecified atom stereocenters. The number of anilines is 2. The summed E-state index contributed by atoms with van der Waals surface area (Å²) in [5.74, 6) is -0.181. The molecule has 2 N–H and O–H groups in total. The molecule has 2 aromatic rings. The van der Waals surface area contributed by atoms with E-state index in [9.17, 15) is 18.0 Å². The summed E-state index contributed by atoms with van der Waals surface area (Å²) in [6, 6.07) is 6.83. The molecule has 2 heterocycles. The van der Waals surface area contributed by atoms with Gasteiger partial charge in [-0.05, 0) is 50.5 Å². The van der Waals surface area contributed by atoms with Crippen molar-refractivity contribution in [2.45, 2.75) is 33.2 Å². The Bertz CT molecular complexity index is 1030. The lowest BCUT2D eigenvalue weighted by molar-refractivity contribution is -0.136. The molecule has 1 aliphatic rings. The number of benzene rings is 1. The number of furan rings is 1. The van der Waals surface area contributed by atoms with Crippen molar-refractivity contribution >= 4 is 33.2 Å². The second-order valence-corrected chi connectivity index (χ2v) is 8.76. The van der Waals surface area contributed by atoms with Gasteiger partial charge in [-0.25, -0.2) is 8.42 Å². The number of rotatable bonds is 4. The molecule has 2 amide bonds. The summed E-state index contributed by atoms with van der Waals surface area (Å²) in [5, 5.41) is 5.08. The third-order valence-corrected chi connectivity index (χ3v) is 5.79. The molecule has 1 aromatic carbocycles. The lowest BCUT2D eigenvalue weighted by atomic mass is 10.0. The number of amides is 2. The molecule has 3 rings (SSSR count). The molecule has 1 aromatic heterocycles. The standard InChI is InChI=1S/C19H23N3O5S/c1-12-9-15(13(2)27-12)11-20-18(23)19(24)21-16-7-6-14-5-4-8-22(17(14)10-16)28(3,25)26/h6-7,9-10H,4-5,8,11H2,1-3H3,(H,20,23)(H,21,24). The molecule has 150 valence electrons. The molecule has 28 heavy (non-hydrogen) atoms. The van der Waals surface area contributed by atoms with E-state index >= 15 is 0 Å². The molecule has 0 radical (unpaired) electrons. The van der Waals surface area contributed by atoms with Crippen LogP contribution in [0.15, 0.2) is 28.7 Å². The van der Waals surface area contributed by atoms with E-state index in [1.54, 1.807) is 38.1 Å². The third kappa shape index (κ3) is 4.36. The molecule has 0 fully saturated rings.